The van der Waals surface area contributed by atoms with E-state index in [-0.39, 0.29) is 29.3 Å². The quantitative estimate of drug-likeness (QED) is 0.721. The number of aliphatic hydroxyl groups excluding tert-OH is 1. The van der Waals surface area contributed by atoms with Crippen molar-refractivity contribution in [1.29, 1.82) is 0 Å². The van der Waals surface area contributed by atoms with Crippen LogP contribution in [-0.4, -0.2) is 40.2 Å². The molecule has 0 heterocycles. The maximum atomic E-state index is 12.2. The second kappa shape index (κ2) is 6.40. The molecule has 4 aliphatic carbocycles. The summed E-state index contributed by atoms with van der Waals surface area (Å²) in [6.07, 6.45) is 7.23. The van der Waals surface area contributed by atoms with E-state index in [0.29, 0.717) is 5.75 Å². The van der Waals surface area contributed by atoms with E-state index in [1.807, 2.05) is 0 Å². The molecule has 0 radical (unpaired) electrons. The lowest BCUT2D eigenvalue weighted by Gasteiger charge is -2.56. The van der Waals surface area contributed by atoms with Crippen molar-refractivity contribution < 1.29 is 14.7 Å². The monoisotopic (exact) mass is 326 g/mol. The van der Waals surface area contributed by atoms with E-state index >= 15 is 0 Å². The number of thioether (sulfide) groups is 1. The third kappa shape index (κ3) is 3.43. The predicted octanol–water partition coefficient (Wildman–Crippen LogP) is 1.89. The summed E-state index contributed by atoms with van der Waals surface area (Å²) in [6, 6.07) is -0.344. The van der Waals surface area contributed by atoms with Gasteiger partial charge in [0.05, 0.1) is 11.9 Å². The largest absolute Gasteiger partial charge is 0.396 e. The van der Waals surface area contributed by atoms with Gasteiger partial charge in [0.25, 0.3) is 0 Å². The first-order valence-corrected chi connectivity index (χ1v) is 9.40. The third-order valence-electron chi connectivity index (χ3n) is 5.48. The molecule has 0 aromatic carbocycles. The number of nitrogens with one attached hydrogen (secondary N) is 2. The highest BCUT2D eigenvalue weighted by Crippen LogP contribution is 2.55. The average molecular weight is 326 g/mol. The van der Waals surface area contributed by atoms with Gasteiger partial charge in [-0.15, -0.1) is 11.8 Å². The Balaban J connectivity index is 1.52. The molecule has 4 saturated carbocycles. The number of imide groups is 1. The Morgan fingerprint density at radius 1 is 1.18 bits per heavy atom. The molecule has 4 fully saturated rings. The van der Waals surface area contributed by atoms with E-state index in [1.165, 1.54) is 31.0 Å². The van der Waals surface area contributed by atoms with Gasteiger partial charge in [0.15, 0.2) is 0 Å². The lowest BCUT2D eigenvalue weighted by Crippen LogP contribution is -2.62. The Morgan fingerprint density at radius 3 is 2.23 bits per heavy atom. The molecule has 0 aliphatic heterocycles. The fourth-order valence-corrected chi connectivity index (χ4v) is 5.72. The van der Waals surface area contributed by atoms with Crippen LogP contribution in [0.15, 0.2) is 0 Å². The van der Waals surface area contributed by atoms with E-state index in [4.69, 9.17) is 5.11 Å². The van der Waals surface area contributed by atoms with E-state index in [0.717, 1.165) is 37.0 Å². The first kappa shape index (κ1) is 16.1. The lowest BCUT2D eigenvalue weighted by molar-refractivity contribution is -0.119. The van der Waals surface area contributed by atoms with Crippen LogP contribution in [0.1, 0.15) is 45.4 Å². The van der Waals surface area contributed by atoms with E-state index in [9.17, 15) is 9.59 Å². The Labute approximate surface area is 136 Å². The molecule has 0 spiro atoms. The molecule has 4 bridgehead atoms. The van der Waals surface area contributed by atoms with Gasteiger partial charge >= 0.3 is 6.03 Å². The summed E-state index contributed by atoms with van der Waals surface area (Å²) in [5.41, 5.74) is -0.0689. The molecule has 4 aliphatic rings. The van der Waals surface area contributed by atoms with Crippen LogP contribution in [-0.2, 0) is 4.79 Å². The molecule has 0 saturated heterocycles. The minimum Gasteiger partial charge on any atom is -0.396 e. The summed E-state index contributed by atoms with van der Waals surface area (Å²) >= 11 is 1.35. The Morgan fingerprint density at radius 2 is 1.73 bits per heavy atom. The molecule has 4 rings (SSSR count). The molecular formula is C16H26N2O3S. The molecule has 5 nitrogen and oxygen atoms in total. The molecule has 0 aromatic heterocycles. The van der Waals surface area contributed by atoms with Crippen molar-refractivity contribution in [3.63, 3.8) is 0 Å². The van der Waals surface area contributed by atoms with Gasteiger partial charge < -0.3 is 10.4 Å². The summed E-state index contributed by atoms with van der Waals surface area (Å²) in [7, 11) is 0. The minimum atomic E-state index is -0.344. The maximum absolute atomic E-state index is 12.2. The molecule has 0 unspecified atom stereocenters. The lowest BCUT2D eigenvalue weighted by atomic mass is 9.53. The Hall–Kier alpha value is -0.750. The van der Waals surface area contributed by atoms with Gasteiger partial charge in [-0.3, -0.25) is 10.1 Å². The van der Waals surface area contributed by atoms with Crippen molar-refractivity contribution in [2.75, 3.05) is 12.4 Å². The number of carbonyl (C=O) groups excluding carboxylic acids is 2. The SMILES string of the molecule is C[C@@H](SCCO)C(=O)NC(=O)NC12CC3CC(CC(C3)C1)C2. The van der Waals surface area contributed by atoms with Gasteiger partial charge in [-0.25, -0.2) is 4.79 Å². The highest BCUT2D eigenvalue weighted by Gasteiger charge is 2.51. The number of aliphatic hydroxyl groups is 1. The van der Waals surface area contributed by atoms with Crippen molar-refractivity contribution >= 4 is 23.7 Å². The summed E-state index contributed by atoms with van der Waals surface area (Å²) in [5.74, 6) is 2.52. The number of urea groups is 1. The van der Waals surface area contributed by atoms with Crippen molar-refractivity contribution in [2.24, 2.45) is 17.8 Å². The van der Waals surface area contributed by atoms with Gasteiger partial charge in [-0.1, -0.05) is 0 Å². The molecular weight excluding hydrogens is 300 g/mol. The normalized spacial score (nSPS) is 36.9. The molecule has 6 heteroatoms. The molecule has 1 atom stereocenters. The van der Waals surface area contributed by atoms with Gasteiger partial charge in [0.2, 0.25) is 5.91 Å². The van der Waals surface area contributed by atoms with Crippen molar-refractivity contribution in [2.45, 2.75) is 56.2 Å². The fourth-order valence-electron chi connectivity index (χ4n) is 5.05. The topological polar surface area (TPSA) is 78.4 Å². The van der Waals surface area contributed by atoms with Crippen molar-refractivity contribution in [1.82, 2.24) is 10.6 Å². The zero-order chi connectivity index (χ0) is 15.7. The number of hydrogen-bond donors (Lipinski definition) is 3. The van der Waals surface area contributed by atoms with Crippen molar-refractivity contribution in [3.05, 3.63) is 0 Å². The fraction of sp³-hybridized carbons (Fsp3) is 0.875. The summed E-state index contributed by atoms with van der Waals surface area (Å²) in [6.45, 7) is 1.80. The van der Waals surface area contributed by atoms with Gasteiger partial charge in [-0.05, 0) is 63.2 Å². The summed E-state index contributed by atoms with van der Waals surface area (Å²) in [4.78, 5) is 24.2. The Kier molecular flexibility index (Phi) is 4.69. The first-order chi connectivity index (χ1) is 10.5. The summed E-state index contributed by atoms with van der Waals surface area (Å²) in [5, 5.41) is 14.1. The van der Waals surface area contributed by atoms with Crippen LogP contribution < -0.4 is 10.6 Å². The number of rotatable bonds is 5. The second-order valence-corrected chi connectivity index (χ2v) is 8.83. The molecule has 3 N–H and O–H groups in total. The van der Waals surface area contributed by atoms with Crippen LogP contribution >= 0.6 is 11.8 Å². The number of amides is 3. The number of hydrogen-bond acceptors (Lipinski definition) is 4. The van der Waals surface area contributed by atoms with E-state index in [1.54, 1.807) is 6.92 Å². The zero-order valence-corrected chi connectivity index (χ0v) is 14.0. The minimum absolute atomic E-state index is 0.0434. The van der Waals surface area contributed by atoms with Crippen molar-refractivity contribution in [3.8, 4) is 0 Å². The van der Waals surface area contributed by atoms with Gasteiger partial charge in [0.1, 0.15) is 0 Å². The summed E-state index contributed by atoms with van der Waals surface area (Å²) < 4.78 is 0. The Bertz CT molecular complexity index is 419. The molecule has 22 heavy (non-hydrogen) atoms. The molecule has 124 valence electrons. The first-order valence-electron chi connectivity index (χ1n) is 8.35. The van der Waals surface area contributed by atoms with Crippen LogP contribution in [0.25, 0.3) is 0 Å². The van der Waals surface area contributed by atoms with Gasteiger partial charge in [0, 0.05) is 11.3 Å². The number of carbonyl (C=O) groups is 2. The van der Waals surface area contributed by atoms with E-state index < -0.39 is 0 Å². The zero-order valence-electron chi connectivity index (χ0n) is 13.1. The van der Waals surface area contributed by atoms with Crippen LogP contribution in [0.3, 0.4) is 0 Å². The smallest absolute Gasteiger partial charge is 0.321 e. The highest BCUT2D eigenvalue weighted by molar-refractivity contribution is 8.00. The van der Waals surface area contributed by atoms with Gasteiger partial charge in [-0.2, -0.15) is 0 Å². The predicted molar refractivity (Wildman–Crippen MR) is 86.6 cm³/mol. The maximum Gasteiger partial charge on any atom is 0.321 e. The van der Waals surface area contributed by atoms with Crippen LogP contribution in [0.2, 0.25) is 0 Å². The van der Waals surface area contributed by atoms with Crippen LogP contribution in [0, 0.1) is 17.8 Å². The third-order valence-corrected chi connectivity index (χ3v) is 6.61. The van der Waals surface area contributed by atoms with Crippen LogP contribution in [0.4, 0.5) is 4.79 Å². The molecule has 0 aromatic rings. The van der Waals surface area contributed by atoms with E-state index in [2.05, 4.69) is 10.6 Å². The van der Waals surface area contributed by atoms with Crippen LogP contribution in [0.5, 0.6) is 0 Å². The standard InChI is InChI=1S/C16H26N2O3S/c1-10(22-3-2-19)14(20)17-15(21)18-16-7-11-4-12(8-16)6-13(5-11)9-16/h10-13,19H,2-9H2,1H3,(H2,17,18,20,21)/t10-,11?,12?,13?,16?/m1/s1. The average Bonchev–Trinajstić information content (AvgIpc) is 2.42. The molecule has 3 amide bonds. The second-order valence-electron chi connectivity index (χ2n) is 7.38. The highest BCUT2D eigenvalue weighted by atomic mass is 32.2.